The fourth-order valence-corrected chi connectivity index (χ4v) is 3.79. The molecule has 148 valence electrons. The Morgan fingerprint density at radius 3 is 2.32 bits per heavy atom. The first-order valence-electron chi connectivity index (χ1n) is 8.69. The Kier molecular flexibility index (Phi) is 6.28. The number of carbonyl (C=O) groups is 2. The number of carbonyl (C=O) groups excluding carboxylic acids is 2. The Morgan fingerprint density at radius 1 is 1.04 bits per heavy atom. The summed E-state index contributed by atoms with van der Waals surface area (Å²) in [5, 5.41) is 2.88. The topological polar surface area (TPSA) is 77.1 Å². The molecule has 0 aromatic heterocycles. The Bertz CT molecular complexity index is 916. The molecule has 2 aromatic rings. The number of hydrogen-bond donors (Lipinski definition) is 1. The molecular weight excluding hydrogens is 475 g/mol. The van der Waals surface area contributed by atoms with Crippen LogP contribution in [0.3, 0.4) is 0 Å². The first kappa shape index (κ1) is 20.2. The maximum atomic E-state index is 12.8. The average Bonchev–Trinajstić information content (AvgIpc) is 3.13. The molecule has 0 spiro atoms. The van der Waals surface area contributed by atoms with E-state index in [-0.39, 0.29) is 11.8 Å². The van der Waals surface area contributed by atoms with E-state index in [0.717, 1.165) is 9.99 Å². The standard InChI is InChI=1S/C20H21IN2O5/c1-26-16-7-6-12(9-15(16)23-8-4-5-19(23)24)22-20(25)13-10-17(27-2)18(28-3)11-14(13)21/h6-7,9-11H,4-5,8H2,1-3H3,(H,22,25). The molecule has 28 heavy (non-hydrogen) atoms. The molecule has 7 nitrogen and oxygen atoms in total. The van der Waals surface area contributed by atoms with E-state index in [1.807, 2.05) is 0 Å². The molecule has 0 aliphatic carbocycles. The van der Waals surface area contributed by atoms with E-state index in [0.29, 0.717) is 47.2 Å². The van der Waals surface area contributed by atoms with Gasteiger partial charge in [-0.15, -0.1) is 0 Å². The lowest BCUT2D eigenvalue weighted by atomic mass is 10.1. The van der Waals surface area contributed by atoms with Gasteiger partial charge in [0.2, 0.25) is 5.91 Å². The second-order valence-electron chi connectivity index (χ2n) is 6.18. The number of nitrogens with zero attached hydrogens (tertiary/aromatic N) is 1. The van der Waals surface area contributed by atoms with Crippen LogP contribution < -0.4 is 24.4 Å². The van der Waals surface area contributed by atoms with Crippen molar-refractivity contribution in [1.29, 1.82) is 0 Å². The number of anilines is 2. The number of ether oxygens (including phenoxy) is 3. The zero-order valence-electron chi connectivity index (χ0n) is 15.9. The van der Waals surface area contributed by atoms with Crippen molar-refractivity contribution in [3.05, 3.63) is 39.5 Å². The molecule has 0 bridgehead atoms. The zero-order chi connectivity index (χ0) is 20.3. The van der Waals surface area contributed by atoms with E-state index in [1.165, 1.54) is 7.11 Å². The molecule has 1 saturated heterocycles. The third-order valence-corrected chi connectivity index (χ3v) is 5.41. The van der Waals surface area contributed by atoms with Crippen molar-refractivity contribution < 1.29 is 23.8 Å². The zero-order valence-corrected chi connectivity index (χ0v) is 18.0. The highest BCUT2D eigenvalue weighted by atomic mass is 127. The SMILES string of the molecule is COc1cc(I)c(C(=O)Nc2ccc(OC)c(N3CCCC3=O)c2)cc1OC. The minimum Gasteiger partial charge on any atom is -0.495 e. The number of benzene rings is 2. The van der Waals surface area contributed by atoms with Crippen molar-refractivity contribution in [2.75, 3.05) is 38.1 Å². The van der Waals surface area contributed by atoms with Crippen molar-refractivity contribution >= 4 is 45.8 Å². The summed E-state index contributed by atoms with van der Waals surface area (Å²) in [5.41, 5.74) is 1.70. The lowest BCUT2D eigenvalue weighted by molar-refractivity contribution is -0.117. The number of halogens is 1. The molecule has 8 heteroatoms. The van der Waals surface area contributed by atoms with Crippen LogP contribution in [-0.4, -0.2) is 39.7 Å². The van der Waals surface area contributed by atoms with Crippen LogP contribution in [0, 0.1) is 3.57 Å². The van der Waals surface area contributed by atoms with Gasteiger partial charge < -0.3 is 24.4 Å². The highest BCUT2D eigenvalue weighted by molar-refractivity contribution is 14.1. The molecule has 1 aliphatic rings. The largest absolute Gasteiger partial charge is 0.495 e. The van der Waals surface area contributed by atoms with E-state index < -0.39 is 0 Å². The van der Waals surface area contributed by atoms with E-state index in [9.17, 15) is 9.59 Å². The van der Waals surface area contributed by atoms with Gasteiger partial charge in [-0.2, -0.15) is 0 Å². The third-order valence-electron chi connectivity index (χ3n) is 4.52. The van der Waals surface area contributed by atoms with Crippen molar-refractivity contribution in [1.82, 2.24) is 0 Å². The summed E-state index contributed by atoms with van der Waals surface area (Å²) in [7, 11) is 4.63. The van der Waals surface area contributed by atoms with E-state index in [1.54, 1.807) is 49.5 Å². The predicted octanol–water partition coefficient (Wildman–Crippen LogP) is 3.70. The Morgan fingerprint density at radius 2 is 1.71 bits per heavy atom. The molecule has 3 rings (SSSR count). The van der Waals surface area contributed by atoms with E-state index in [2.05, 4.69) is 27.9 Å². The Balaban J connectivity index is 1.89. The summed E-state index contributed by atoms with van der Waals surface area (Å²) in [6.07, 6.45) is 1.33. The Hall–Kier alpha value is -2.49. The molecular formula is C20H21IN2O5. The second-order valence-corrected chi connectivity index (χ2v) is 7.34. The van der Waals surface area contributed by atoms with Gasteiger partial charge in [0.1, 0.15) is 5.75 Å². The average molecular weight is 496 g/mol. The van der Waals surface area contributed by atoms with E-state index in [4.69, 9.17) is 14.2 Å². The number of nitrogens with one attached hydrogen (secondary N) is 1. The first-order valence-corrected chi connectivity index (χ1v) is 9.77. The Labute approximate surface area is 177 Å². The smallest absolute Gasteiger partial charge is 0.256 e. The molecule has 0 radical (unpaired) electrons. The fourth-order valence-electron chi connectivity index (χ4n) is 3.11. The molecule has 2 aromatic carbocycles. The molecule has 1 aliphatic heterocycles. The van der Waals surface area contributed by atoms with Gasteiger partial charge in [-0.05, 0) is 59.3 Å². The van der Waals surface area contributed by atoms with Crippen molar-refractivity contribution in [3.63, 3.8) is 0 Å². The van der Waals surface area contributed by atoms with Crippen LogP contribution in [-0.2, 0) is 4.79 Å². The highest BCUT2D eigenvalue weighted by Crippen LogP contribution is 2.35. The molecule has 1 N–H and O–H groups in total. The first-order chi connectivity index (χ1) is 13.5. The van der Waals surface area contributed by atoms with Gasteiger partial charge in [-0.1, -0.05) is 0 Å². The van der Waals surface area contributed by atoms with Gasteiger partial charge in [0.15, 0.2) is 11.5 Å². The van der Waals surface area contributed by atoms with Crippen LogP contribution >= 0.6 is 22.6 Å². The lowest BCUT2D eigenvalue weighted by Crippen LogP contribution is -2.24. The van der Waals surface area contributed by atoms with Gasteiger partial charge in [-0.3, -0.25) is 9.59 Å². The summed E-state index contributed by atoms with van der Waals surface area (Å²) in [6, 6.07) is 8.64. The molecule has 0 atom stereocenters. The maximum Gasteiger partial charge on any atom is 0.256 e. The number of rotatable bonds is 6. The van der Waals surface area contributed by atoms with Gasteiger partial charge in [0.25, 0.3) is 5.91 Å². The summed E-state index contributed by atoms with van der Waals surface area (Å²) in [6.45, 7) is 0.639. The minimum absolute atomic E-state index is 0.0521. The van der Waals surface area contributed by atoms with Gasteiger partial charge in [-0.25, -0.2) is 0 Å². The van der Waals surface area contributed by atoms with Crippen molar-refractivity contribution in [2.24, 2.45) is 0 Å². The second kappa shape index (κ2) is 8.68. The van der Waals surface area contributed by atoms with Crippen LogP contribution in [0.1, 0.15) is 23.2 Å². The third kappa shape index (κ3) is 4.01. The fraction of sp³-hybridized carbons (Fsp3) is 0.300. The van der Waals surface area contributed by atoms with Gasteiger partial charge >= 0.3 is 0 Å². The van der Waals surface area contributed by atoms with Crippen molar-refractivity contribution in [3.8, 4) is 17.2 Å². The molecule has 1 fully saturated rings. The molecule has 1 heterocycles. The number of amides is 2. The molecule has 0 unspecified atom stereocenters. The summed E-state index contributed by atoms with van der Waals surface area (Å²) in [4.78, 5) is 26.6. The van der Waals surface area contributed by atoms with Crippen LogP contribution in [0.4, 0.5) is 11.4 Å². The molecule has 0 saturated carbocycles. The van der Waals surface area contributed by atoms with E-state index >= 15 is 0 Å². The summed E-state index contributed by atoms with van der Waals surface area (Å²) >= 11 is 2.08. The lowest BCUT2D eigenvalue weighted by Gasteiger charge is -2.20. The quantitative estimate of drug-likeness (QED) is 0.618. The van der Waals surface area contributed by atoms with Crippen LogP contribution in [0.2, 0.25) is 0 Å². The highest BCUT2D eigenvalue weighted by Gasteiger charge is 2.25. The summed E-state index contributed by atoms with van der Waals surface area (Å²) in [5.74, 6) is 1.40. The van der Waals surface area contributed by atoms with Crippen LogP contribution in [0.25, 0.3) is 0 Å². The van der Waals surface area contributed by atoms with Crippen LogP contribution in [0.5, 0.6) is 17.2 Å². The predicted molar refractivity (Wildman–Crippen MR) is 115 cm³/mol. The normalized spacial score (nSPS) is 13.4. The van der Waals surface area contributed by atoms with Crippen LogP contribution in [0.15, 0.2) is 30.3 Å². The maximum absolute atomic E-state index is 12.8. The molecule has 2 amide bonds. The number of hydrogen-bond acceptors (Lipinski definition) is 5. The van der Waals surface area contributed by atoms with Crippen molar-refractivity contribution in [2.45, 2.75) is 12.8 Å². The number of methoxy groups -OCH3 is 3. The monoisotopic (exact) mass is 496 g/mol. The van der Waals surface area contributed by atoms with Gasteiger partial charge in [0.05, 0.1) is 32.6 Å². The minimum atomic E-state index is -0.283. The van der Waals surface area contributed by atoms with Gasteiger partial charge in [0, 0.05) is 22.2 Å². The summed E-state index contributed by atoms with van der Waals surface area (Å²) < 4.78 is 16.7.